The second-order valence-corrected chi connectivity index (χ2v) is 7.87. The maximum Gasteiger partial charge on any atom is 0.251 e. The van der Waals surface area contributed by atoms with Crippen LogP contribution in [0.1, 0.15) is 32.9 Å². The predicted molar refractivity (Wildman–Crippen MR) is 118 cm³/mol. The molecule has 0 saturated heterocycles. The second kappa shape index (κ2) is 9.45. The van der Waals surface area contributed by atoms with E-state index in [0.29, 0.717) is 48.9 Å². The number of rotatable bonds is 6. The van der Waals surface area contributed by atoms with Crippen LogP contribution < -0.4 is 10.3 Å². The number of fused-ring (bicyclic) bond motifs is 1. The largest absolute Gasteiger partial charge is 0.497 e. The van der Waals surface area contributed by atoms with Crippen LogP contribution >= 0.6 is 11.6 Å². The van der Waals surface area contributed by atoms with Crippen molar-refractivity contribution in [1.29, 1.82) is 0 Å². The number of ether oxygens (including phenoxy) is 2. The van der Waals surface area contributed by atoms with E-state index >= 15 is 0 Å². The van der Waals surface area contributed by atoms with E-state index in [2.05, 4.69) is 4.98 Å². The van der Waals surface area contributed by atoms with Gasteiger partial charge in [-0.15, -0.1) is 0 Å². The summed E-state index contributed by atoms with van der Waals surface area (Å²) in [6.45, 7) is 1.47. The minimum absolute atomic E-state index is 0.117. The standard InChI is InChI=1S/C24H23ClN2O4/c1-30-19-6-2-16(3-7-19)15-27-22-9-11-31-10-8-20(22)21(13-24(27)29)23(28)12-18-5-4-17(25)14-26-18/h2-7,13-14H,8-12,15H2,1H3. The van der Waals surface area contributed by atoms with E-state index < -0.39 is 0 Å². The summed E-state index contributed by atoms with van der Waals surface area (Å²) >= 11 is 5.89. The summed E-state index contributed by atoms with van der Waals surface area (Å²) in [4.78, 5) is 30.4. The Hall–Kier alpha value is -2.96. The van der Waals surface area contributed by atoms with Crippen molar-refractivity contribution in [3.8, 4) is 5.75 Å². The molecule has 3 heterocycles. The lowest BCUT2D eigenvalue weighted by Crippen LogP contribution is -2.28. The molecular weight excluding hydrogens is 416 g/mol. The highest BCUT2D eigenvalue weighted by atomic mass is 35.5. The van der Waals surface area contributed by atoms with Gasteiger partial charge in [0, 0.05) is 35.6 Å². The Balaban J connectivity index is 1.70. The van der Waals surface area contributed by atoms with E-state index in [1.807, 2.05) is 24.3 Å². The van der Waals surface area contributed by atoms with E-state index in [-0.39, 0.29) is 17.8 Å². The molecule has 0 N–H and O–H groups in total. The molecule has 0 aliphatic carbocycles. The lowest BCUT2D eigenvalue weighted by atomic mass is 9.96. The van der Waals surface area contributed by atoms with Gasteiger partial charge in [0.15, 0.2) is 5.78 Å². The summed E-state index contributed by atoms with van der Waals surface area (Å²) in [5.74, 6) is 0.641. The number of hydrogen-bond acceptors (Lipinski definition) is 5. The SMILES string of the molecule is COc1ccc(Cn2c3c(c(C(=O)Cc4ccc(Cl)cn4)cc2=O)CCOCC3)cc1. The second-order valence-electron chi connectivity index (χ2n) is 7.44. The molecule has 0 fully saturated rings. The summed E-state index contributed by atoms with van der Waals surface area (Å²) in [6, 6.07) is 12.5. The molecule has 7 heteroatoms. The molecular formula is C24H23ClN2O4. The Kier molecular flexibility index (Phi) is 6.49. The highest BCUT2D eigenvalue weighted by Crippen LogP contribution is 2.21. The van der Waals surface area contributed by atoms with E-state index in [9.17, 15) is 9.59 Å². The van der Waals surface area contributed by atoms with Crippen molar-refractivity contribution in [1.82, 2.24) is 9.55 Å². The number of hydrogen-bond donors (Lipinski definition) is 0. The van der Waals surface area contributed by atoms with Gasteiger partial charge < -0.3 is 14.0 Å². The number of pyridine rings is 2. The molecule has 1 aliphatic rings. The van der Waals surface area contributed by atoms with Gasteiger partial charge in [-0.25, -0.2) is 0 Å². The maximum atomic E-state index is 13.1. The van der Waals surface area contributed by atoms with Gasteiger partial charge in [-0.05, 0) is 41.8 Å². The summed E-state index contributed by atoms with van der Waals surface area (Å²) in [5, 5.41) is 0.517. The van der Waals surface area contributed by atoms with Gasteiger partial charge in [0.05, 0.1) is 38.3 Å². The first-order valence-electron chi connectivity index (χ1n) is 10.1. The fraction of sp³-hybridized carbons (Fsp3) is 0.292. The number of benzene rings is 1. The number of aromatic nitrogens is 2. The molecule has 4 rings (SSSR count). The van der Waals surface area contributed by atoms with Gasteiger partial charge in [0.25, 0.3) is 5.56 Å². The Morgan fingerprint density at radius 3 is 2.65 bits per heavy atom. The normalized spacial score (nSPS) is 13.4. The van der Waals surface area contributed by atoms with Crippen LogP contribution in [0.5, 0.6) is 5.75 Å². The van der Waals surface area contributed by atoms with Crippen molar-refractivity contribution in [2.24, 2.45) is 0 Å². The lowest BCUT2D eigenvalue weighted by Gasteiger charge is -2.18. The monoisotopic (exact) mass is 438 g/mol. The summed E-state index contributed by atoms with van der Waals surface area (Å²) in [7, 11) is 1.62. The van der Waals surface area contributed by atoms with Crippen molar-refractivity contribution in [2.75, 3.05) is 20.3 Å². The zero-order valence-electron chi connectivity index (χ0n) is 17.3. The number of ketones is 1. The average molecular weight is 439 g/mol. The molecule has 0 amide bonds. The molecule has 1 aromatic carbocycles. The van der Waals surface area contributed by atoms with Crippen molar-refractivity contribution < 1.29 is 14.3 Å². The topological polar surface area (TPSA) is 70.4 Å². The van der Waals surface area contributed by atoms with Gasteiger partial charge in [-0.2, -0.15) is 0 Å². The minimum Gasteiger partial charge on any atom is -0.497 e. The maximum absolute atomic E-state index is 13.1. The Bertz CT molecular complexity index is 1140. The molecule has 0 bridgehead atoms. The fourth-order valence-electron chi connectivity index (χ4n) is 3.86. The van der Waals surface area contributed by atoms with Crippen LogP contribution in [0.15, 0.2) is 53.5 Å². The fourth-order valence-corrected chi connectivity index (χ4v) is 3.97. The number of nitrogens with zero attached hydrogens (tertiary/aromatic N) is 2. The van der Waals surface area contributed by atoms with Gasteiger partial charge >= 0.3 is 0 Å². The molecule has 0 atom stereocenters. The number of Topliss-reactive ketones (excluding diaryl/α,β-unsaturated/α-hetero) is 1. The zero-order chi connectivity index (χ0) is 21.8. The van der Waals surface area contributed by atoms with Crippen LogP contribution in [-0.4, -0.2) is 35.7 Å². The molecule has 3 aromatic rings. The number of carbonyl (C=O) groups is 1. The number of halogens is 1. The average Bonchev–Trinajstić information content (AvgIpc) is 3.03. The van der Waals surface area contributed by atoms with Gasteiger partial charge in [0.1, 0.15) is 5.75 Å². The van der Waals surface area contributed by atoms with E-state index in [1.165, 1.54) is 12.3 Å². The Labute approximate surface area is 185 Å². The molecule has 0 saturated carbocycles. The Morgan fingerprint density at radius 2 is 1.94 bits per heavy atom. The lowest BCUT2D eigenvalue weighted by molar-refractivity contribution is 0.0990. The third-order valence-corrected chi connectivity index (χ3v) is 5.67. The van der Waals surface area contributed by atoms with Crippen molar-refractivity contribution in [3.63, 3.8) is 0 Å². The first kappa shape index (κ1) is 21.3. The molecule has 0 unspecified atom stereocenters. The van der Waals surface area contributed by atoms with Crippen molar-refractivity contribution >= 4 is 17.4 Å². The first-order chi connectivity index (χ1) is 15.0. The van der Waals surface area contributed by atoms with E-state index in [0.717, 1.165) is 22.6 Å². The van der Waals surface area contributed by atoms with Crippen molar-refractivity contribution in [2.45, 2.75) is 25.8 Å². The minimum atomic E-state index is -0.191. The summed E-state index contributed by atoms with van der Waals surface area (Å²) in [6.07, 6.45) is 2.81. The third-order valence-electron chi connectivity index (χ3n) is 5.44. The van der Waals surface area contributed by atoms with Crippen LogP contribution in [0.4, 0.5) is 0 Å². The van der Waals surface area contributed by atoms with E-state index in [1.54, 1.807) is 23.8 Å². The zero-order valence-corrected chi connectivity index (χ0v) is 18.0. The highest BCUT2D eigenvalue weighted by molar-refractivity contribution is 6.30. The first-order valence-corrected chi connectivity index (χ1v) is 10.5. The van der Waals surface area contributed by atoms with Gasteiger partial charge in [-0.1, -0.05) is 23.7 Å². The molecule has 0 spiro atoms. The number of methoxy groups -OCH3 is 1. The molecule has 1 aliphatic heterocycles. The van der Waals surface area contributed by atoms with Gasteiger partial charge in [0.2, 0.25) is 0 Å². The molecule has 2 aromatic heterocycles. The van der Waals surface area contributed by atoms with Crippen molar-refractivity contribution in [3.05, 3.63) is 92.1 Å². The third kappa shape index (κ3) is 4.86. The number of carbonyl (C=O) groups excluding carboxylic acids is 1. The predicted octanol–water partition coefficient (Wildman–Crippen LogP) is 3.49. The molecule has 31 heavy (non-hydrogen) atoms. The molecule has 6 nitrogen and oxygen atoms in total. The van der Waals surface area contributed by atoms with E-state index in [4.69, 9.17) is 21.1 Å². The van der Waals surface area contributed by atoms with Crippen LogP contribution in [0.2, 0.25) is 5.02 Å². The Morgan fingerprint density at radius 1 is 1.16 bits per heavy atom. The van der Waals surface area contributed by atoms with Crippen LogP contribution in [0.25, 0.3) is 0 Å². The van der Waals surface area contributed by atoms with Gasteiger partial charge in [-0.3, -0.25) is 14.6 Å². The van der Waals surface area contributed by atoms with Crippen LogP contribution in [-0.2, 0) is 30.5 Å². The smallest absolute Gasteiger partial charge is 0.251 e. The van der Waals surface area contributed by atoms with Crippen LogP contribution in [0.3, 0.4) is 0 Å². The molecule has 0 radical (unpaired) electrons. The quantitative estimate of drug-likeness (QED) is 0.551. The molecule has 160 valence electrons. The summed E-state index contributed by atoms with van der Waals surface area (Å²) in [5.41, 5.74) is 3.64. The van der Waals surface area contributed by atoms with Crippen LogP contribution in [0, 0.1) is 0 Å². The highest BCUT2D eigenvalue weighted by Gasteiger charge is 2.22. The summed E-state index contributed by atoms with van der Waals surface area (Å²) < 4.78 is 12.6.